The lowest BCUT2D eigenvalue weighted by molar-refractivity contribution is 0.0569. The van der Waals surface area contributed by atoms with Gasteiger partial charge in [-0.2, -0.15) is 5.26 Å². The third-order valence-electron chi connectivity index (χ3n) is 9.45. The van der Waals surface area contributed by atoms with Gasteiger partial charge in [0.05, 0.1) is 42.8 Å². The molecule has 3 aliphatic heterocycles. The van der Waals surface area contributed by atoms with Crippen LogP contribution in [0.25, 0.3) is 21.2 Å². The van der Waals surface area contributed by atoms with Crippen molar-refractivity contribution in [2.24, 2.45) is 4.99 Å². The Morgan fingerprint density at radius 3 is 2.76 bits per heavy atom. The van der Waals surface area contributed by atoms with Crippen LogP contribution in [0, 0.1) is 24.1 Å². The van der Waals surface area contributed by atoms with E-state index in [4.69, 9.17) is 24.9 Å². The van der Waals surface area contributed by atoms with E-state index in [1.807, 2.05) is 39.1 Å². The van der Waals surface area contributed by atoms with Gasteiger partial charge in [0.15, 0.2) is 5.88 Å². The lowest BCUT2D eigenvalue weighted by Crippen LogP contribution is -2.38. The Morgan fingerprint density at radius 2 is 2.10 bits per heavy atom. The van der Waals surface area contributed by atoms with Crippen LogP contribution >= 0.6 is 11.3 Å². The van der Waals surface area contributed by atoms with Gasteiger partial charge in [-0.25, -0.2) is 4.39 Å². The number of aliphatic imine (C=N–C) groups is 1. The SMILES string of the molecule is CC.CCC/C=C(/NC(=NCC1=CC=CNN1)c1c(C)c(OC)c(-c2ccc(F)c3sc(N)c(C#N)c23)c2c1COC2)OC(C)C1CCCN1C. The Hall–Kier alpha value is -4.57. The lowest BCUT2D eigenvalue weighted by Gasteiger charge is -2.29. The molecule has 0 bridgehead atoms. The summed E-state index contributed by atoms with van der Waals surface area (Å²) in [5, 5.41) is 14.4. The van der Waals surface area contributed by atoms with Crippen LogP contribution in [0.5, 0.6) is 5.75 Å². The van der Waals surface area contributed by atoms with Crippen molar-refractivity contribution >= 4 is 32.3 Å². The monoisotopic (exact) mass is 715 g/mol. The van der Waals surface area contributed by atoms with E-state index in [0.29, 0.717) is 58.9 Å². The van der Waals surface area contributed by atoms with Gasteiger partial charge >= 0.3 is 0 Å². The van der Waals surface area contributed by atoms with Crippen LogP contribution in [-0.4, -0.2) is 50.1 Å². The van der Waals surface area contributed by atoms with Crippen LogP contribution in [0.2, 0.25) is 0 Å². The zero-order valence-corrected chi connectivity index (χ0v) is 31.5. The minimum Gasteiger partial charge on any atom is -0.496 e. The molecule has 3 aromatic rings. The largest absolute Gasteiger partial charge is 0.496 e. The zero-order chi connectivity index (χ0) is 36.7. The number of amidine groups is 1. The molecular weight excluding hydrogens is 666 g/mol. The maximum atomic E-state index is 15.1. The summed E-state index contributed by atoms with van der Waals surface area (Å²) in [6.45, 7) is 12.3. The molecule has 1 saturated heterocycles. The second kappa shape index (κ2) is 17.1. The molecule has 0 amide bonds. The van der Waals surface area contributed by atoms with Crippen LogP contribution in [0.4, 0.5) is 9.39 Å². The molecule has 5 N–H and O–H groups in total. The molecule has 2 atom stereocenters. The van der Waals surface area contributed by atoms with E-state index in [0.717, 1.165) is 77.1 Å². The van der Waals surface area contributed by atoms with E-state index < -0.39 is 5.82 Å². The summed E-state index contributed by atoms with van der Waals surface area (Å²) < 4.78 is 34.4. The Morgan fingerprint density at radius 1 is 1.31 bits per heavy atom. The van der Waals surface area contributed by atoms with Gasteiger partial charge < -0.3 is 36.1 Å². The number of hydrazine groups is 1. The predicted molar refractivity (Wildman–Crippen MR) is 205 cm³/mol. The van der Waals surface area contributed by atoms with Crippen LogP contribution in [0.15, 0.2) is 53.1 Å². The maximum absolute atomic E-state index is 15.1. The van der Waals surface area contributed by atoms with E-state index >= 15 is 4.39 Å². The van der Waals surface area contributed by atoms with Gasteiger partial charge in [-0.3, -0.25) is 9.89 Å². The minimum absolute atomic E-state index is 0.0401. The minimum atomic E-state index is -0.421. The van der Waals surface area contributed by atoms with E-state index in [1.165, 1.54) is 6.07 Å². The molecule has 0 aliphatic carbocycles. The summed E-state index contributed by atoms with van der Waals surface area (Å²) in [5.74, 6) is 1.45. The second-order valence-electron chi connectivity index (χ2n) is 12.6. The standard InChI is InChI=1S/C37H44FN7O3S.C2H6/c1-6-7-12-30(48-22(3)29-11-9-16-45(29)4)43-37(41-18-23-10-8-15-42-44-23)31-21(2)34(46-5)32(27-20-47-19-26(27)31)24-13-14-28(38)35-33(24)25(17-39)36(40)49-35;1-2/h8,10,12-15,22,29,42,44H,6-7,9,11,16,18-20,40H2,1-5H3,(H,41,43);1-2H3/b30-12-;. The molecule has 1 aromatic heterocycles. The van der Waals surface area contributed by atoms with E-state index in [-0.39, 0.29) is 16.7 Å². The third-order valence-corrected chi connectivity index (χ3v) is 10.5. The summed E-state index contributed by atoms with van der Waals surface area (Å²) in [5.41, 5.74) is 18.5. The highest BCUT2D eigenvalue weighted by Crippen LogP contribution is 2.49. The first-order valence-corrected chi connectivity index (χ1v) is 18.6. The highest BCUT2D eigenvalue weighted by atomic mass is 32.1. The first-order chi connectivity index (χ1) is 24.8. The average molecular weight is 716 g/mol. The van der Waals surface area contributed by atoms with Crippen molar-refractivity contribution in [1.82, 2.24) is 21.1 Å². The molecular formula is C39H50FN7O3S. The fourth-order valence-electron chi connectivity index (χ4n) is 7.06. The number of hydrogen-bond acceptors (Lipinski definition) is 10. The van der Waals surface area contributed by atoms with Crippen molar-refractivity contribution in [1.29, 1.82) is 5.26 Å². The van der Waals surface area contributed by atoms with Gasteiger partial charge in [-0.05, 0) is 87.7 Å². The van der Waals surface area contributed by atoms with Gasteiger partial charge in [0.1, 0.15) is 34.6 Å². The number of nitrogens with zero attached hydrogens (tertiary/aromatic N) is 3. The number of nitrogens with two attached hydrogens (primary N) is 1. The molecule has 12 heteroatoms. The molecule has 10 nitrogen and oxygen atoms in total. The zero-order valence-electron chi connectivity index (χ0n) is 30.7. The van der Waals surface area contributed by atoms with Crippen LogP contribution in [-0.2, 0) is 22.7 Å². The number of likely N-dealkylation sites (tertiary alicyclic amines) is 1. The molecule has 0 radical (unpaired) electrons. The number of hydrogen-bond donors (Lipinski definition) is 4. The average Bonchev–Trinajstić information content (AvgIpc) is 3.89. The number of nitrogens with one attached hydrogen (secondary N) is 3. The molecule has 272 valence electrons. The Bertz CT molecular complexity index is 1910. The van der Waals surface area contributed by atoms with Crippen molar-refractivity contribution in [3.63, 3.8) is 0 Å². The molecule has 2 aromatic carbocycles. The first-order valence-electron chi connectivity index (χ1n) is 17.7. The Kier molecular flexibility index (Phi) is 12.6. The van der Waals surface area contributed by atoms with Crippen molar-refractivity contribution < 1.29 is 18.6 Å². The van der Waals surface area contributed by atoms with Crippen LogP contribution in [0.3, 0.4) is 0 Å². The van der Waals surface area contributed by atoms with E-state index in [1.54, 1.807) is 13.2 Å². The summed E-state index contributed by atoms with van der Waals surface area (Å²) in [7, 11) is 3.78. The molecule has 0 spiro atoms. The fourth-order valence-corrected chi connectivity index (χ4v) is 8.01. The quantitative estimate of drug-likeness (QED) is 0.0906. The van der Waals surface area contributed by atoms with E-state index in [9.17, 15) is 5.26 Å². The Labute approximate surface area is 304 Å². The van der Waals surface area contributed by atoms with Gasteiger partial charge in [0, 0.05) is 34.3 Å². The highest BCUT2D eigenvalue weighted by Gasteiger charge is 2.33. The first kappa shape index (κ1) is 37.7. The van der Waals surface area contributed by atoms with Crippen molar-refractivity contribution in [3.05, 3.63) is 81.8 Å². The maximum Gasteiger partial charge on any atom is 0.188 e. The number of methoxy groups -OCH3 is 1. The highest BCUT2D eigenvalue weighted by molar-refractivity contribution is 7.23. The van der Waals surface area contributed by atoms with Gasteiger partial charge in [0.2, 0.25) is 0 Å². The summed E-state index contributed by atoms with van der Waals surface area (Å²) >= 11 is 1.08. The van der Waals surface area contributed by atoms with Crippen molar-refractivity contribution in [2.45, 2.75) is 85.7 Å². The number of likely N-dealkylation sites (N-methyl/N-ethyl adjacent to an activating group) is 1. The second-order valence-corrected chi connectivity index (χ2v) is 13.6. The van der Waals surface area contributed by atoms with Gasteiger partial charge in [0.25, 0.3) is 0 Å². The number of allylic oxidation sites excluding steroid dienone is 3. The van der Waals surface area contributed by atoms with Crippen molar-refractivity contribution in [2.75, 3.05) is 33.0 Å². The normalized spacial score (nSPS) is 17.9. The van der Waals surface area contributed by atoms with Crippen molar-refractivity contribution in [3.8, 4) is 22.9 Å². The smallest absolute Gasteiger partial charge is 0.188 e. The number of thiophene rings is 1. The molecule has 6 rings (SSSR count). The molecule has 4 heterocycles. The number of fused-ring (bicyclic) bond motifs is 2. The topological polar surface area (TPSA) is 129 Å². The number of nitriles is 1. The number of ether oxygens (including phenoxy) is 3. The van der Waals surface area contributed by atoms with Crippen LogP contribution < -0.4 is 26.6 Å². The third kappa shape index (κ3) is 7.71. The number of benzene rings is 2. The number of nitrogen functional groups attached to an aromatic ring is 1. The number of halogens is 1. The predicted octanol–water partition coefficient (Wildman–Crippen LogP) is 7.52. The van der Waals surface area contributed by atoms with E-state index in [2.05, 4.69) is 54.1 Å². The molecule has 0 saturated carbocycles. The fraction of sp³-hybridized carbons (Fsp3) is 0.436. The van der Waals surface area contributed by atoms with Gasteiger partial charge in [-0.1, -0.05) is 33.3 Å². The number of unbranched alkanes of at least 4 members (excludes halogenated alkanes) is 1. The van der Waals surface area contributed by atoms with Gasteiger partial charge in [-0.15, -0.1) is 11.3 Å². The number of anilines is 1. The lowest BCUT2D eigenvalue weighted by atomic mass is 9.86. The Balaban J connectivity index is 0.00000248. The number of rotatable bonds is 11. The molecule has 2 unspecified atom stereocenters. The summed E-state index contributed by atoms with van der Waals surface area (Å²) in [6, 6.07) is 5.65. The van der Waals surface area contributed by atoms with Crippen LogP contribution in [0.1, 0.15) is 81.2 Å². The molecule has 1 fully saturated rings. The molecule has 3 aliphatic rings. The summed E-state index contributed by atoms with van der Waals surface area (Å²) in [6.07, 6.45) is 11.8. The summed E-state index contributed by atoms with van der Waals surface area (Å²) in [4.78, 5) is 7.51. The molecule has 51 heavy (non-hydrogen) atoms.